The number of hydrogen-bond acceptors (Lipinski definition) is 4. The lowest BCUT2D eigenvalue weighted by Crippen LogP contribution is -2.53. The van der Waals surface area contributed by atoms with E-state index in [1.165, 1.54) is 11.0 Å². The van der Waals surface area contributed by atoms with E-state index in [1.807, 2.05) is 23.8 Å². The molecule has 1 aromatic heterocycles. The third-order valence-electron chi connectivity index (χ3n) is 6.07. The summed E-state index contributed by atoms with van der Waals surface area (Å²) in [5, 5.41) is 7.25. The Hall–Kier alpha value is -1.96. The minimum atomic E-state index is -0.894. The number of benzene rings is 1. The lowest BCUT2D eigenvalue weighted by molar-refractivity contribution is -0.133. The Morgan fingerprint density at radius 1 is 1.24 bits per heavy atom. The normalized spacial score (nSPS) is 23.6. The van der Waals surface area contributed by atoms with Crippen molar-refractivity contribution in [3.63, 3.8) is 0 Å². The average Bonchev–Trinajstić information content (AvgIpc) is 3.29. The summed E-state index contributed by atoms with van der Waals surface area (Å²) in [4.78, 5) is 29.0. The standard InChI is InChI=1S/C21H23ClFN3O2S/c1-21(19(27)26(20(28)24-21)11-14-7-10-29-13-14)15-5-8-25(9-6-15)12-16-17(22)3-2-4-18(16)23/h2-4,7,10,13,15H,5-6,8-9,11-12H2,1H3,(H,24,28)/t21-/m0/s1. The van der Waals surface area contributed by atoms with Gasteiger partial charge in [0, 0.05) is 17.1 Å². The molecule has 1 N–H and O–H groups in total. The lowest BCUT2D eigenvalue weighted by Gasteiger charge is -2.39. The topological polar surface area (TPSA) is 52.7 Å². The second-order valence-electron chi connectivity index (χ2n) is 7.91. The molecule has 3 amide bonds. The van der Waals surface area contributed by atoms with E-state index in [1.54, 1.807) is 23.5 Å². The molecule has 0 unspecified atom stereocenters. The number of hydrogen-bond donors (Lipinski definition) is 1. The molecule has 1 atom stereocenters. The van der Waals surface area contributed by atoms with Crippen molar-refractivity contribution >= 4 is 34.9 Å². The van der Waals surface area contributed by atoms with Crippen molar-refractivity contribution in [3.05, 3.63) is 57.0 Å². The number of nitrogens with one attached hydrogen (secondary N) is 1. The van der Waals surface area contributed by atoms with Crippen molar-refractivity contribution in [2.45, 2.75) is 38.4 Å². The van der Waals surface area contributed by atoms with E-state index in [9.17, 15) is 14.0 Å². The first-order chi connectivity index (χ1) is 13.9. The molecule has 3 heterocycles. The van der Waals surface area contributed by atoms with Crippen molar-refractivity contribution < 1.29 is 14.0 Å². The van der Waals surface area contributed by atoms with Crippen molar-refractivity contribution in [1.82, 2.24) is 15.1 Å². The van der Waals surface area contributed by atoms with Gasteiger partial charge in [-0.1, -0.05) is 17.7 Å². The summed E-state index contributed by atoms with van der Waals surface area (Å²) in [5.41, 5.74) is 0.569. The number of urea groups is 1. The molecule has 4 rings (SSSR count). The van der Waals surface area contributed by atoms with Gasteiger partial charge in [-0.3, -0.25) is 14.6 Å². The van der Waals surface area contributed by atoms with Crippen LogP contribution in [0.25, 0.3) is 0 Å². The van der Waals surface area contributed by atoms with Crippen molar-refractivity contribution in [1.29, 1.82) is 0 Å². The van der Waals surface area contributed by atoms with E-state index >= 15 is 0 Å². The molecule has 0 spiro atoms. The number of piperidine rings is 1. The maximum Gasteiger partial charge on any atom is 0.325 e. The van der Waals surface area contributed by atoms with Crippen molar-refractivity contribution in [2.75, 3.05) is 13.1 Å². The minimum absolute atomic E-state index is 0.0405. The molecule has 154 valence electrons. The molecular weight excluding hydrogens is 413 g/mol. The smallest absolute Gasteiger partial charge is 0.323 e. The van der Waals surface area contributed by atoms with Gasteiger partial charge in [0.05, 0.1) is 6.54 Å². The Bertz CT molecular complexity index is 894. The van der Waals surface area contributed by atoms with E-state index in [0.29, 0.717) is 23.7 Å². The van der Waals surface area contributed by atoms with Gasteiger partial charge in [0.25, 0.3) is 5.91 Å². The number of halogens is 2. The second kappa shape index (κ2) is 8.05. The van der Waals surface area contributed by atoms with Crippen LogP contribution in [0.4, 0.5) is 9.18 Å². The van der Waals surface area contributed by atoms with E-state index < -0.39 is 5.54 Å². The fourth-order valence-electron chi connectivity index (χ4n) is 4.28. The van der Waals surface area contributed by atoms with Crippen molar-refractivity contribution in [3.8, 4) is 0 Å². The van der Waals surface area contributed by atoms with Crippen LogP contribution in [0.5, 0.6) is 0 Å². The van der Waals surface area contributed by atoms with Gasteiger partial charge >= 0.3 is 6.03 Å². The Balaban J connectivity index is 1.40. The summed E-state index contributed by atoms with van der Waals surface area (Å²) in [7, 11) is 0. The van der Waals surface area contributed by atoms with Crippen LogP contribution in [0.3, 0.4) is 0 Å². The average molecular weight is 436 g/mol. The van der Waals surface area contributed by atoms with Crippen LogP contribution in [-0.4, -0.2) is 40.4 Å². The Morgan fingerprint density at radius 3 is 2.66 bits per heavy atom. The fraction of sp³-hybridized carbons (Fsp3) is 0.429. The fourth-order valence-corrected chi connectivity index (χ4v) is 5.16. The number of thiophene rings is 1. The molecule has 0 saturated carbocycles. The van der Waals surface area contributed by atoms with Crippen LogP contribution in [0.1, 0.15) is 30.9 Å². The molecule has 2 aliphatic rings. The maximum absolute atomic E-state index is 14.1. The Labute approximate surface area is 178 Å². The van der Waals surface area contributed by atoms with E-state index in [4.69, 9.17) is 11.6 Å². The van der Waals surface area contributed by atoms with Crippen LogP contribution in [0.15, 0.2) is 35.0 Å². The van der Waals surface area contributed by atoms with Gasteiger partial charge in [-0.15, -0.1) is 0 Å². The first-order valence-electron chi connectivity index (χ1n) is 9.69. The predicted octanol–water partition coefficient (Wildman–Crippen LogP) is 4.26. The number of likely N-dealkylation sites (tertiary alicyclic amines) is 1. The number of carbonyl (C=O) groups excluding carboxylic acids is 2. The minimum Gasteiger partial charge on any atom is -0.323 e. The molecular formula is C21H23ClFN3O2S. The molecule has 8 heteroatoms. The van der Waals surface area contributed by atoms with Crippen LogP contribution in [0.2, 0.25) is 5.02 Å². The summed E-state index contributed by atoms with van der Waals surface area (Å²) in [6, 6.07) is 6.31. The molecule has 0 aliphatic carbocycles. The van der Waals surface area contributed by atoms with E-state index in [0.717, 1.165) is 31.5 Å². The molecule has 2 fully saturated rings. The first-order valence-corrected chi connectivity index (χ1v) is 11.0. The zero-order valence-electron chi connectivity index (χ0n) is 16.2. The quantitative estimate of drug-likeness (QED) is 0.714. The van der Waals surface area contributed by atoms with E-state index in [2.05, 4.69) is 10.2 Å². The molecule has 2 saturated heterocycles. The molecule has 2 aliphatic heterocycles. The Kier molecular flexibility index (Phi) is 5.64. The van der Waals surface area contributed by atoms with E-state index in [-0.39, 0.29) is 23.7 Å². The highest BCUT2D eigenvalue weighted by atomic mass is 35.5. The summed E-state index contributed by atoms with van der Waals surface area (Å²) in [6.07, 6.45) is 1.50. The Morgan fingerprint density at radius 2 is 2.00 bits per heavy atom. The molecule has 5 nitrogen and oxygen atoms in total. The van der Waals surface area contributed by atoms with Crippen LogP contribution < -0.4 is 5.32 Å². The van der Waals surface area contributed by atoms with Gasteiger partial charge in [0.2, 0.25) is 0 Å². The predicted molar refractivity (Wildman–Crippen MR) is 111 cm³/mol. The zero-order chi connectivity index (χ0) is 20.6. The largest absolute Gasteiger partial charge is 0.325 e. The summed E-state index contributed by atoms with van der Waals surface area (Å²) in [5.74, 6) is -0.419. The lowest BCUT2D eigenvalue weighted by atomic mass is 9.79. The summed E-state index contributed by atoms with van der Waals surface area (Å²) < 4.78 is 14.1. The van der Waals surface area contributed by atoms with Gasteiger partial charge in [0.1, 0.15) is 11.4 Å². The number of nitrogens with zero attached hydrogens (tertiary/aromatic N) is 2. The number of amides is 3. The molecule has 0 radical (unpaired) electrons. The third kappa shape index (κ3) is 3.91. The number of rotatable bonds is 5. The maximum atomic E-state index is 14.1. The number of imide groups is 1. The highest BCUT2D eigenvalue weighted by Gasteiger charge is 2.52. The molecule has 0 bridgehead atoms. The molecule has 29 heavy (non-hydrogen) atoms. The van der Waals surface area contributed by atoms with Crippen LogP contribution >= 0.6 is 22.9 Å². The highest BCUT2D eigenvalue weighted by molar-refractivity contribution is 7.07. The first kappa shape index (κ1) is 20.3. The van der Waals surface area contributed by atoms with Gasteiger partial charge in [-0.25, -0.2) is 9.18 Å². The summed E-state index contributed by atoms with van der Waals surface area (Å²) >= 11 is 7.69. The summed E-state index contributed by atoms with van der Waals surface area (Å²) in [6.45, 7) is 4.01. The van der Waals surface area contributed by atoms with Gasteiger partial charge in [0.15, 0.2) is 0 Å². The highest BCUT2D eigenvalue weighted by Crippen LogP contribution is 2.35. The van der Waals surface area contributed by atoms with Gasteiger partial charge in [-0.05, 0) is 73.3 Å². The SMILES string of the molecule is C[C@@]1(C2CCN(Cc3c(F)cccc3Cl)CC2)NC(=O)N(Cc2ccsc2)C1=O. The number of carbonyl (C=O) groups is 2. The molecule has 2 aromatic rings. The van der Waals surface area contributed by atoms with Crippen molar-refractivity contribution in [2.24, 2.45) is 5.92 Å². The second-order valence-corrected chi connectivity index (χ2v) is 9.09. The van der Waals surface area contributed by atoms with Gasteiger partial charge < -0.3 is 5.32 Å². The molecule has 1 aromatic carbocycles. The zero-order valence-corrected chi connectivity index (χ0v) is 17.7. The van der Waals surface area contributed by atoms with Crippen LogP contribution in [-0.2, 0) is 17.9 Å². The van der Waals surface area contributed by atoms with Crippen LogP contribution in [0, 0.1) is 11.7 Å². The third-order valence-corrected chi connectivity index (χ3v) is 7.16. The van der Waals surface area contributed by atoms with Gasteiger partial charge in [-0.2, -0.15) is 11.3 Å². The monoisotopic (exact) mass is 435 g/mol.